The Kier molecular flexibility index (Phi) is 6.50. The SMILES string of the molecule is CC(C)C1CN(CCOCC(F)(F)F)C(C(C)(C)C)CN1. The average molecular weight is 310 g/mol. The number of halogens is 3. The third-order valence-electron chi connectivity index (χ3n) is 4.04. The summed E-state index contributed by atoms with van der Waals surface area (Å²) in [5, 5.41) is 3.56. The summed E-state index contributed by atoms with van der Waals surface area (Å²) in [4.78, 5) is 2.28. The van der Waals surface area contributed by atoms with Crippen LogP contribution in [0.3, 0.4) is 0 Å². The highest BCUT2D eigenvalue weighted by Crippen LogP contribution is 2.27. The fraction of sp³-hybridized carbons (Fsp3) is 1.00. The molecular formula is C15H29F3N2O. The first-order chi connectivity index (χ1) is 9.50. The van der Waals surface area contributed by atoms with Crippen LogP contribution in [-0.2, 0) is 4.74 Å². The highest BCUT2D eigenvalue weighted by Gasteiger charge is 2.36. The average Bonchev–Trinajstić information content (AvgIpc) is 2.32. The van der Waals surface area contributed by atoms with Crippen molar-refractivity contribution in [3.8, 4) is 0 Å². The van der Waals surface area contributed by atoms with Crippen molar-refractivity contribution < 1.29 is 17.9 Å². The molecule has 0 aromatic heterocycles. The molecule has 1 rings (SSSR count). The van der Waals surface area contributed by atoms with Crippen LogP contribution in [0, 0.1) is 11.3 Å². The Balaban J connectivity index is 2.54. The van der Waals surface area contributed by atoms with Gasteiger partial charge in [-0.25, -0.2) is 0 Å². The lowest BCUT2D eigenvalue weighted by Gasteiger charge is -2.47. The normalized spacial score (nSPS) is 25.6. The van der Waals surface area contributed by atoms with Crippen molar-refractivity contribution in [2.75, 3.05) is 32.8 Å². The molecule has 0 amide bonds. The van der Waals surface area contributed by atoms with Crippen LogP contribution in [-0.4, -0.2) is 56.0 Å². The van der Waals surface area contributed by atoms with Gasteiger partial charge in [0.2, 0.25) is 0 Å². The first-order valence-corrected chi connectivity index (χ1v) is 7.62. The molecule has 0 saturated carbocycles. The largest absolute Gasteiger partial charge is 0.411 e. The molecule has 1 fully saturated rings. The summed E-state index contributed by atoms with van der Waals surface area (Å²) in [5.74, 6) is 0.504. The molecule has 1 saturated heterocycles. The number of alkyl halides is 3. The summed E-state index contributed by atoms with van der Waals surface area (Å²) in [5.41, 5.74) is 0.0823. The molecule has 0 bridgehead atoms. The van der Waals surface area contributed by atoms with Gasteiger partial charge in [0.05, 0.1) is 6.61 Å². The van der Waals surface area contributed by atoms with Gasteiger partial charge in [-0.1, -0.05) is 34.6 Å². The van der Waals surface area contributed by atoms with Crippen molar-refractivity contribution in [1.29, 1.82) is 0 Å². The fourth-order valence-corrected chi connectivity index (χ4v) is 2.75. The van der Waals surface area contributed by atoms with Crippen molar-refractivity contribution in [2.45, 2.75) is 52.9 Å². The number of nitrogens with one attached hydrogen (secondary N) is 1. The van der Waals surface area contributed by atoms with Gasteiger partial charge in [-0.15, -0.1) is 0 Å². The van der Waals surface area contributed by atoms with E-state index in [0.717, 1.165) is 13.1 Å². The van der Waals surface area contributed by atoms with E-state index in [1.807, 2.05) is 0 Å². The first-order valence-electron chi connectivity index (χ1n) is 7.62. The van der Waals surface area contributed by atoms with Gasteiger partial charge in [-0.3, -0.25) is 4.90 Å². The molecule has 1 aliphatic rings. The minimum absolute atomic E-state index is 0.0823. The number of ether oxygens (including phenoxy) is 1. The molecule has 6 heteroatoms. The Hall–Kier alpha value is -0.330. The highest BCUT2D eigenvalue weighted by atomic mass is 19.4. The van der Waals surface area contributed by atoms with E-state index in [4.69, 9.17) is 4.74 Å². The van der Waals surface area contributed by atoms with Gasteiger partial charge in [-0.2, -0.15) is 13.2 Å². The van der Waals surface area contributed by atoms with E-state index in [0.29, 0.717) is 24.5 Å². The highest BCUT2D eigenvalue weighted by molar-refractivity contribution is 4.93. The Bertz CT molecular complexity index is 313. The molecule has 0 spiro atoms. The summed E-state index contributed by atoms with van der Waals surface area (Å²) in [6, 6.07) is 0.688. The van der Waals surface area contributed by atoms with E-state index in [2.05, 4.69) is 44.8 Å². The van der Waals surface area contributed by atoms with E-state index >= 15 is 0 Å². The van der Waals surface area contributed by atoms with Crippen LogP contribution < -0.4 is 5.32 Å². The van der Waals surface area contributed by atoms with Crippen molar-refractivity contribution >= 4 is 0 Å². The van der Waals surface area contributed by atoms with Crippen LogP contribution in [0.2, 0.25) is 0 Å². The molecule has 0 aliphatic carbocycles. The van der Waals surface area contributed by atoms with Gasteiger partial charge in [0.25, 0.3) is 0 Å². The molecule has 126 valence electrons. The fourth-order valence-electron chi connectivity index (χ4n) is 2.75. The maximum absolute atomic E-state index is 12.1. The minimum atomic E-state index is -4.24. The number of nitrogens with zero attached hydrogens (tertiary/aromatic N) is 1. The topological polar surface area (TPSA) is 24.5 Å². The lowest BCUT2D eigenvalue weighted by atomic mass is 9.83. The second-order valence-electron chi connectivity index (χ2n) is 7.30. The van der Waals surface area contributed by atoms with Crippen molar-refractivity contribution in [3.63, 3.8) is 0 Å². The summed E-state index contributed by atoms with van der Waals surface area (Å²) in [6.07, 6.45) is -4.24. The summed E-state index contributed by atoms with van der Waals surface area (Å²) in [6.45, 7) is 12.0. The molecule has 3 nitrogen and oxygen atoms in total. The molecule has 2 atom stereocenters. The molecular weight excluding hydrogens is 281 g/mol. The molecule has 0 aromatic rings. The van der Waals surface area contributed by atoms with Crippen LogP contribution in [0.1, 0.15) is 34.6 Å². The first kappa shape index (κ1) is 18.7. The molecule has 1 heterocycles. The second-order valence-corrected chi connectivity index (χ2v) is 7.30. The minimum Gasteiger partial charge on any atom is -0.371 e. The van der Waals surface area contributed by atoms with Gasteiger partial charge < -0.3 is 10.1 Å². The second kappa shape index (κ2) is 7.29. The Morgan fingerprint density at radius 2 is 1.86 bits per heavy atom. The van der Waals surface area contributed by atoms with Crippen LogP contribution in [0.4, 0.5) is 13.2 Å². The van der Waals surface area contributed by atoms with Gasteiger partial charge in [0.15, 0.2) is 0 Å². The van der Waals surface area contributed by atoms with E-state index in [9.17, 15) is 13.2 Å². The smallest absolute Gasteiger partial charge is 0.371 e. The number of hydrogen-bond acceptors (Lipinski definition) is 3. The molecule has 1 aliphatic heterocycles. The van der Waals surface area contributed by atoms with E-state index in [1.165, 1.54) is 0 Å². The zero-order valence-corrected chi connectivity index (χ0v) is 13.8. The zero-order valence-electron chi connectivity index (χ0n) is 13.8. The van der Waals surface area contributed by atoms with Gasteiger partial charge in [0.1, 0.15) is 6.61 Å². The standard InChI is InChI=1S/C15H29F3N2O/c1-11(2)12-9-20(6-7-21-10-15(16,17)18)13(8-19-12)14(3,4)5/h11-13,19H,6-10H2,1-5H3. The van der Waals surface area contributed by atoms with E-state index in [1.54, 1.807) is 0 Å². The monoisotopic (exact) mass is 310 g/mol. The summed E-state index contributed by atoms with van der Waals surface area (Å²) < 4.78 is 41.1. The Labute approximate surface area is 126 Å². The van der Waals surface area contributed by atoms with E-state index in [-0.39, 0.29) is 12.0 Å². The van der Waals surface area contributed by atoms with Crippen LogP contribution in [0.5, 0.6) is 0 Å². The van der Waals surface area contributed by atoms with Gasteiger partial charge in [-0.05, 0) is 11.3 Å². The molecule has 21 heavy (non-hydrogen) atoms. The number of piperazine rings is 1. The lowest BCUT2D eigenvalue weighted by molar-refractivity contribution is -0.175. The quantitative estimate of drug-likeness (QED) is 0.790. The van der Waals surface area contributed by atoms with Gasteiger partial charge in [0, 0.05) is 31.7 Å². The summed E-state index contributed by atoms with van der Waals surface area (Å²) in [7, 11) is 0. The van der Waals surface area contributed by atoms with Crippen LogP contribution in [0.15, 0.2) is 0 Å². The maximum atomic E-state index is 12.1. The number of hydrogen-bond donors (Lipinski definition) is 1. The van der Waals surface area contributed by atoms with E-state index < -0.39 is 12.8 Å². The Morgan fingerprint density at radius 1 is 1.24 bits per heavy atom. The number of rotatable bonds is 5. The van der Waals surface area contributed by atoms with Crippen molar-refractivity contribution in [3.05, 3.63) is 0 Å². The van der Waals surface area contributed by atoms with Crippen molar-refractivity contribution in [1.82, 2.24) is 10.2 Å². The molecule has 0 aromatic carbocycles. The van der Waals surface area contributed by atoms with Crippen LogP contribution >= 0.6 is 0 Å². The molecule has 1 N–H and O–H groups in total. The maximum Gasteiger partial charge on any atom is 0.411 e. The zero-order chi connectivity index (χ0) is 16.3. The predicted octanol–water partition coefficient (Wildman–Crippen LogP) is 2.91. The third kappa shape index (κ3) is 6.53. The molecule has 0 radical (unpaired) electrons. The lowest BCUT2D eigenvalue weighted by Crippen LogP contribution is -2.62. The van der Waals surface area contributed by atoms with Crippen molar-refractivity contribution in [2.24, 2.45) is 11.3 Å². The predicted molar refractivity (Wildman–Crippen MR) is 78.3 cm³/mol. The molecule has 2 unspecified atom stereocenters. The van der Waals surface area contributed by atoms with Crippen LogP contribution in [0.25, 0.3) is 0 Å². The van der Waals surface area contributed by atoms with Gasteiger partial charge >= 0.3 is 6.18 Å². The summed E-state index contributed by atoms with van der Waals surface area (Å²) >= 11 is 0. The Morgan fingerprint density at radius 3 is 2.33 bits per heavy atom. The third-order valence-corrected chi connectivity index (χ3v) is 4.04.